The van der Waals surface area contributed by atoms with Gasteiger partial charge in [-0.1, -0.05) is 36.7 Å². The molecule has 1 fully saturated rings. The maximum atomic E-state index is 11.5. The standard InChI is InChI=1S/C12H14ClNO/c1-8-6-10(8)12(15)14-7-9-4-2-3-5-11(9)13/h2-5,8,10H,6-7H2,1H3,(H,14,15). The Labute approximate surface area is 94.6 Å². The van der Waals surface area contributed by atoms with Crippen LogP contribution in [0, 0.1) is 11.8 Å². The van der Waals surface area contributed by atoms with Gasteiger partial charge >= 0.3 is 0 Å². The van der Waals surface area contributed by atoms with E-state index in [2.05, 4.69) is 12.2 Å². The molecular formula is C12H14ClNO. The third kappa shape index (κ3) is 2.51. The lowest BCUT2D eigenvalue weighted by atomic mass is 10.2. The summed E-state index contributed by atoms with van der Waals surface area (Å²) in [4.78, 5) is 11.5. The lowest BCUT2D eigenvalue weighted by molar-refractivity contribution is -0.122. The van der Waals surface area contributed by atoms with Crippen LogP contribution in [0.25, 0.3) is 0 Å². The highest BCUT2D eigenvalue weighted by molar-refractivity contribution is 6.31. The Morgan fingerprint density at radius 2 is 2.20 bits per heavy atom. The van der Waals surface area contributed by atoms with Gasteiger partial charge in [0.25, 0.3) is 0 Å². The van der Waals surface area contributed by atoms with E-state index >= 15 is 0 Å². The van der Waals surface area contributed by atoms with Crippen LogP contribution >= 0.6 is 11.6 Å². The summed E-state index contributed by atoms with van der Waals surface area (Å²) in [5.74, 6) is 0.936. The molecule has 1 amide bonds. The number of amides is 1. The van der Waals surface area contributed by atoms with Crippen LogP contribution in [0.4, 0.5) is 0 Å². The number of hydrogen-bond acceptors (Lipinski definition) is 1. The number of carbonyl (C=O) groups excluding carboxylic acids is 1. The van der Waals surface area contributed by atoms with Crippen molar-refractivity contribution in [2.24, 2.45) is 11.8 Å². The topological polar surface area (TPSA) is 29.1 Å². The zero-order valence-electron chi connectivity index (χ0n) is 8.66. The molecule has 0 aromatic heterocycles. The zero-order valence-corrected chi connectivity index (χ0v) is 9.42. The Kier molecular flexibility index (Phi) is 2.96. The van der Waals surface area contributed by atoms with E-state index in [0.717, 1.165) is 12.0 Å². The van der Waals surface area contributed by atoms with E-state index in [4.69, 9.17) is 11.6 Å². The summed E-state index contributed by atoms with van der Waals surface area (Å²) in [6, 6.07) is 7.57. The number of benzene rings is 1. The van der Waals surface area contributed by atoms with E-state index in [0.29, 0.717) is 17.5 Å². The molecule has 1 N–H and O–H groups in total. The SMILES string of the molecule is CC1CC1C(=O)NCc1ccccc1Cl. The first-order chi connectivity index (χ1) is 7.18. The first-order valence-electron chi connectivity index (χ1n) is 5.19. The predicted octanol–water partition coefficient (Wildman–Crippen LogP) is 2.61. The molecule has 0 bridgehead atoms. The van der Waals surface area contributed by atoms with Crippen molar-refractivity contribution >= 4 is 17.5 Å². The summed E-state index contributed by atoms with van der Waals surface area (Å²) in [6.45, 7) is 2.63. The molecular weight excluding hydrogens is 210 g/mol. The summed E-state index contributed by atoms with van der Waals surface area (Å²) in [6.07, 6.45) is 1.02. The number of carbonyl (C=O) groups is 1. The molecule has 1 aliphatic rings. The average molecular weight is 224 g/mol. The van der Waals surface area contributed by atoms with Gasteiger partial charge in [0.15, 0.2) is 0 Å². The van der Waals surface area contributed by atoms with Gasteiger partial charge < -0.3 is 5.32 Å². The van der Waals surface area contributed by atoms with Gasteiger partial charge in [-0.3, -0.25) is 4.79 Å². The quantitative estimate of drug-likeness (QED) is 0.839. The number of halogens is 1. The van der Waals surface area contributed by atoms with Crippen molar-refractivity contribution in [3.63, 3.8) is 0 Å². The van der Waals surface area contributed by atoms with Gasteiger partial charge in [0, 0.05) is 17.5 Å². The molecule has 3 heteroatoms. The van der Waals surface area contributed by atoms with Crippen LogP contribution in [0.2, 0.25) is 5.02 Å². The van der Waals surface area contributed by atoms with E-state index in [1.807, 2.05) is 24.3 Å². The summed E-state index contributed by atoms with van der Waals surface area (Å²) < 4.78 is 0. The normalized spacial score (nSPS) is 23.6. The third-order valence-electron chi connectivity index (χ3n) is 2.86. The Morgan fingerprint density at radius 1 is 1.53 bits per heavy atom. The second-order valence-corrected chi connectivity index (χ2v) is 4.54. The predicted molar refractivity (Wildman–Crippen MR) is 60.6 cm³/mol. The molecule has 2 unspecified atom stereocenters. The molecule has 1 aromatic rings. The molecule has 0 saturated heterocycles. The minimum Gasteiger partial charge on any atom is -0.352 e. The fraction of sp³-hybridized carbons (Fsp3) is 0.417. The highest BCUT2D eigenvalue weighted by Crippen LogP contribution is 2.37. The lowest BCUT2D eigenvalue weighted by Gasteiger charge is -2.06. The van der Waals surface area contributed by atoms with Crippen molar-refractivity contribution in [1.29, 1.82) is 0 Å². The zero-order chi connectivity index (χ0) is 10.8. The van der Waals surface area contributed by atoms with E-state index in [-0.39, 0.29) is 11.8 Å². The fourth-order valence-corrected chi connectivity index (χ4v) is 1.85. The number of nitrogens with one attached hydrogen (secondary N) is 1. The highest BCUT2D eigenvalue weighted by atomic mass is 35.5. The Balaban J connectivity index is 1.88. The first-order valence-corrected chi connectivity index (χ1v) is 5.57. The molecule has 0 heterocycles. The molecule has 0 aliphatic heterocycles. The average Bonchev–Trinajstić information content (AvgIpc) is 2.94. The van der Waals surface area contributed by atoms with Crippen molar-refractivity contribution in [1.82, 2.24) is 5.32 Å². The van der Waals surface area contributed by atoms with Gasteiger partial charge in [-0.15, -0.1) is 0 Å². The number of rotatable bonds is 3. The summed E-state index contributed by atoms with van der Waals surface area (Å²) in [5, 5.41) is 3.62. The van der Waals surface area contributed by atoms with Crippen LogP contribution in [-0.2, 0) is 11.3 Å². The smallest absolute Gasteiger partial charge is 0.223 e. The van der Waals surface area contributed by atoms with Crippen molar-refractivity contribution in [3.8, 4) is 0 Å². The molecule has 80 valence electrons. The van der Waals surface area contributed by atoms with Gasteiger partial charge in [0.05, 0.1) is 0 Å². The van der Waals surface area contributed by atoms with Crippen molar-refractivity contribution in [2.75, 3.05) is 0 Å². The van der Waals surface area contributed by atoms with Crippen molar-refractivity contribution in [2.45, 2.75) is 19.9 Å². The van der Waals surface area contributed by atoms with Crippen molar-refractivity contribution in [3.05, 3.63) is 34.9 Å². The Hall–Kier alpha value is -1.02. The fourth-order valence-electron chi connectivity index (χ4n) is 1.64. The van der Waals surface area contributed by atoms with Crippen molar-refractivity contribution < 1.29 is 4.79 Å². The van der Waals surface area contributed by atoms with Gasteiger partial charge in [0.1, 0.15) is 0 Å². The summed E-state index contributed by atoms with van der Waals surface area (Å²) in [7, 11) is 0. The van der Waals surface area contributed by atoms with Gasteiger partial charge in [-0.05, 0) is 24.0 Å². The van der Waals surface area contributed by atoms with Crippen LogP contribution in [0.5, 0.6) is 0 Å². The second kappa shape index (κ2) is 4.23. The van der Waals surface area contributed by atoms with Gasteiger partial charge in [-0.2, -0.15) is 0 Å². The second-order valence-electron chi connectivity index (χ2n) is 4.13. The molecule has 1 saturated carbocycles. The van der Waals surface area contributed by atoms with E-state index in [1.165, 1.54) is 0 Å². The molecule has 2 nitrogen and oxygen atoms in total. The lowest BCUT2D eigenvalue weighted by Crippen LogP contribution is -2.24. The number of hydrogen-bond donors (Lipinski definition) is 1. The van der Waals surface area contributed by atoms with E-state index < -0.39 is 0 Å². The minimum atomic E-state index is 0.155. The molecule has 1 aromatic carbocycles. The van der Waals surface area contributed by atoms with E-state index in [1.54, 1.807) is 0 Å². The van der Waals surface area contributed by atoms with Crippen LogP contribution in [0.15, 0.2) is 24.3 Å². The van der Waals surface area contributed by atoms with Crippen LogP contribution in [-0.4, -0.2) is 5.91 Å². The third-order valence-corrected chi connectivity index (χ3v) is 3.23. The Morgan fingerprint density at radius 3 is 2.80 bits per heavy atom. The molecule has 1 aliphatic carbocycles. The highest BCUT2D eigenvalue weighted by Gasteiger charge is 2.38. The van der Waals surface area contributed by atoms with Crippen LogP contribution < -0.4 is 5.32 Å². The van der Waals surface area contributed by atoms with Gasteiger partial charge in [0.2, 0.25) is 5.91 Å². The minimum absolute atomic E-state index is 0.155. The maximum Gasteiger partial charge on any atom is 0.223 e. The van der Waals surface area contributed by atoms with Crippen LogP contribution in [0.1, 0.15) is 18.9 Å². The molecule has 15 heavy (non-hydrogen) atoms. The monoisotopic (exact) mass is 223 g/mol. The molecule has 0 radical (unpaired) electrons. The first kappa shape index (κ1) is 10.5. The van der Waals surface area contributed by atoms with E-state index in [9.17, 15) is 4.79 Å². The largest absolute Gasteiger partial charge is 0.352 e. The molecule has 2 atom stereocenters. The van der Waals surface area contributed by atoms with Gasteiger partial charge in [-0.25, -0.2) is 0 Å². The Bertz CT molecular complexity index is 378. The molecule has 2 rings (SSSR count). The maximum absolute atomic E-state index is 11.5. The summed E-state index contributed by atoms with van der Waals surface area (Å²) >= 11 is 5.98. The summed E-state index contributed by atoms with van der Waals surface area (Å²) in [5.41, 5.74) is 0.973. The van der Waals surface area contributed by atoms with Crippen LogP contribution in [0.3, 0.4) is 0 Å². The molecule has 0 spiro atoms.